The van der Waals surface area contributed by atoms with Crippen molar-refractivity contribution >= 4 is 29.5 Å². The zero-order chi connectivity index (χ0) is 17.5. The Morgan fingerprint density at radius 3 is 1.96 bits per heavy atom. The average molecular weight is 364 g/mol. The molecule has 132 valence electrons. The number of fused-ring (bicyclic) bond motifs is 8. The van der Waals surface area contributed by atoms with Gasteiger partial charge in [-0.15, -0.1) is 0 Å². The van der Waals surface area contributed by atoms with E-state index >= 15 is 0 Å². The number of hydrazine groups is 1. The minimum absolute atomic E-state index is 0.00899. The maximum absolute atomic E-state index is 12.2. The van der Waals surface area contributed by atoms with Crippen molar-refractivity contribution in [2.75, 3.05) is 19.1 Å². The summed E-state index contributed by atoms with van der Waals surface area (Å²) in [6.45, 7) is 0. The molecule has 7 nitrogen and oxygen atoms in total. The number of anilines is 1. The zero-order valence-corrected chi connectivity index (χ0v) is 14.6. The van der Waals surface area contributed by atoms with Crippen LogP contribution in [0.15, 0.2) is 24.3 Å². The number of benzene rings is 1. The molecule has 5 rings (SSSR count). The predicted octanol–water partition coefficient (Wildman–Crippen LogP) is 2.35. The minimum Gasteiger partial charge on any atom is -0.452 e. The van der Waals surface area contributed by atoms with Crippen LogP contribution in [0.1, 0.15) is 6.42 Å². The molecular formula is C17H18ClN3O4. The molecular weight excluding hydrogens is 346 g/mol. The third-order valence-electron chi connectivity index (χ3n) is 6.20. The number of methoxy groups -OCH3 is 2. The SMILES string of the molecule is COC(=O)N1[C@@H]2[C@@H]3C[C@@H]([C@@H]4[C@H]3N4c3ccccc3Cl)[C@@H]2N1C(=O)OC. The van der Waals surface area contributed by atoms with Gasteiger partial charge in [0.15, 0.2) is 0 Å². The fraction of sp³-hybridized carbons (Fsp3) is 0.529. The molecule has 2 amide bonds. The average Bonchev–Trinajstić information content (AvgIpc) is 3.13. The molecule has 4 aliphatic rings. The first-order chi connectivity index (χ1) is 12.1. The number of para-hydroxylation sites is 1. The van der Waals surface area contributed by atoms with Gasteiger partial charge in [0.2, 0.25) is 0 Å². The van der Waals surface area contributed by atoms with Crippen molar-refractivity contribution in [3.05, 3.63) is 29.3 Å². The Hall–Kier alpha value is -2.15. The molecule has 25 heavy (non-hydrogen) atoms. The summed E-state index contributed by atoms with van der Waals surface area (Å²) >= 11 is 6.37. The summed E-state index contributed by atoms with van der Waals surface area (Å²) in [5, 5.41) is 3.60. The molecule has 1 aromatic rings. The highest BCUT2D eigenvalue weighted by Crippen LogP contribution is 2.65. The third-order valence-corrected chi connectivity index (χ3v) is 6.52. The van der Waals surface area contributed by atoms with Gasteiger partial charge in [-0.2, -0.15) is 0 Å². The lowest BCUT2D eigenvalue weighted by Gasteiger charge is -2.55. The van der Waals surface area contributed by atoms with Crippen LogP contribution >= 0.6 is 11.6 Å². The van der Waals surface area contributed by atoms with E-state index in [-0.39, 0.29) is 12.1 Å². The molecule has 0 unspecified atom stereocenters. The minimum atomic E-state index is -0.513. The fourth-order valence-corrected chi connectivity index (χ4v) is 5.66. The van der Waals surface area contributed by atoms with Gasteiger partial charge in [0.25, 0.3) is 0 Å². The van der Waals surface area contributed by atoms with Crippen molar-refractivity contribution in [2.24, 2.45) is 11.8 Å². The number of carbonyl (C=O) groups excluding carboxylic acids is 2. The third kappa shape index (κ3) is 1.72. The summed E-state index contributed by atoms with van der Waals surface area (Å²) < 4.78 is 9.75. The zero-order valence-electron chi connectivity index (χ0n) is 13.8. The van der Waals surface area contributed by atoms with Gasteiger partial charge in [0.1, 0.15) is 0 Å². The molecule has 0 spiro atoms. The summed E-state index contributed by atoms with van der Waals surface area (Å²) in [4.78, 5) is 26.7. The number of halogens is 1. The van der Waals surface area contributed by atoms with E-state index in [4.69, 9.17) is 21.1 Å². The highest BCUT2D eigenvalue weighted by atomic mass is 35.5. The molecule has 0 N–H and O–H groups in total. The molecule has 2 aliphatic carbocycles. The van der Waals surface area contributed by atoms with E-state index in [0.29, 0.717) is 23.9 Å². The van der Waals surface area contributed by atoms with Crippen molar-refractivity contribution in [2.45, 2.75) is 30.6 Å². The second-order valence-corrected chi connectivity index (χ2v) is 7.42. The molecule has 0 radical (unpaired) electrons. The molecule has 4 fully saturated rings. The first kappa shape index (κ1) is 15.1. The van der Waals surface area contributed by atoms with E-state index < -0.39 is 12.2 Å². The van der Waals surface area contributed by atoms with E-state index in [9.17, 15) is 9.59 Å². The number of piperidine rings is 1. The first-order valence-corrected chi connectivity index (χ1v) is 8.75. The van der Waals surface area contributed by atoms with Gasteiger partial charge in [-0.25, -0.2) is 19.6 Å². The Labute approximate surface area is 150 Å². The maximum Gasteiger partial charge on any atom is 0.429 e. The first-order valence-electron chi connectivity index (χ1n) is 8.37. The smallest absolute Gasteiger partial charge is 0.429 e. The number of rotatable bonds is 1. The number of ether oxygens (including phenoxy) is 2. The molecule has 8 heteroatoms. The van der Waals surface area contributed by atoms with Gasteiger partial charge in [-0.05, 0) is 18.6 Å². The normalized spacial score (nSPS) is 36.5. The standard InChI is InChI=1S/C17H18ClN3O4/c1-24-16(22)20-14-8-7-9(15(14)21(20)17(23)25-2)13-12(8)19(13)11-6-4-3-5-10(11)18/h3-6,8-9,12-15H,7H2,1-2H3/t8-,9+,12+,13-,14-,15+,19?. The van der Waals surface area contributed by atoms with Crippen molar-refractivity contribution in [3.8, 4) is 0 Å². The quantitative estimate of drug-likeness (QED) is 0.717. The topological polar surface area (TPSA) is 62.1 Å². The van der Waals surface area contributed by atoms with E-state index in [1.54, 1.807) is 0 Å². The Balaban J connectivity index is 1.46. The molecule has 1 aromatic carbocycles. The molecule has 2 saturated heterocycles. The van der Waals surface area contributed by atoms with Crippen LogP contribution in [0.5, 0.6) is 0 Å². The second kappa shape index (κ2) is 4.94. The van der Waals surface area contributed by atoms with E-state index in [2.05, 4.69) is 4.90 Å². The van der Waals surface area contributed by atoms with Crippen LogP contribution < -0.4 is 4.90 Å². The van der Waals surface area contributed by atoms with Gasteiger partial charge in [0.05, 0.1) is 49.1 Å². The fourth-order valence-electron chi connectivity index (χ4n) is 5.43. The van der Waals surface area contributed by atoms with Crippen molar-refractivity contribution in [3.63, 3.8) is 0 Å². The molecule has 2 heterocycles. The molecule has 2 aliphatic heterocycles. The van der Waals surface area contributed by atoms with Crippen LogP contribution in [0.4, 0.5) is 15.3 Å². The predicted molar refractivity (Wildman–Crippen MR) is 89.2 cm³/mol. The molecule has 2 bridgehead atoms. The van der Waals surface area contributed by atoms with Crippen LogP contribution in [0.25, 0.3) is 0 Å². The van der Waals surface area contributed by atoms with Crippen LogP contribution in [0.2, 0.25) is 5.02 Å². The van der Waals surface area contributed by atoms with Crippen LogP contribution in [0, 0.1) is 11.8 Å². The largest absolute Gasteiger partial charge is 0.452 e. The summed E-state index contributed by atoms with van der Waals surface area (Å²) in [6.07, 6.45) is -0.0199. The Bertz CT molecular complexity index is 734. The Morgan fingerprint density at radius 2 is 1.48 bits per heavy atom. The van der Waals surface area contributed by atoms with Crippen LogP contribution in [-0.4, -0.2) is 60.6 Å². The molecule has 2 saturated carbocycles. The molecule has 6 atom stereocenters. The van der Waals surface area contributed by atoms with Gasteiger partial charge in [-0.3, -0.25) is 0 Å². The van der Waals surface area contributed by atoms with Crippen molar-refractivity contribution < 1.29 is 19.1 Å². The lowest BCUT2D eigenvalue weighted by molar-refractivity contribution is -0.173. The van der Waals surface area contributed by atoms with E-state index in [0.717, 1.165) is 17.1 Å². The van der Waals surface area contributed by atoms with Gasteiger partial charge < -0.3 is 14.4 Å². The van der Waals surface area contributed by atoms with Gasteiger partial charge in [-0.1, -0.05) is 23.7 Å². The van der Waals surface area contributed by atoms with Crippen LogP contribution in [0.3, 0.4) is 0 Å². The highest BCUT2D eigenvalue weighted by Gasteiger charge is 2.78. The summed E-state index contributed by atoms with van der Waals surface area (Å²) in [7, 11) is 2.66. The number of carbonyl (C=O) groups is 2. The second-order valence-electron chi connectivity index (χ2n) is 7.01. The Kier molecular flexibility index (Phi) is 2.99. The van der Waals surface area contributed by atoms with Crippen LogP contribution in [-0.2, 0) is 9.47 Å². The van der Waals surface area contributed by atoms with Gasteiger partial charge >= 0.3 is 12.2 Å². The lowest BCUT2D eigenvalue weighted by Crippen LogP contribution is -2.76. The Morgan fingerprint density at radius 1 is 0.960 bits per heavy atom. The van der Waals surface area contributed by atoms with E-state index in [1.807, 2.05) is 24.3 Å². The number of hydrogen-bond donors (Lipinski definition) is 0. The summed E-state index contributed by atoms with van der Waals surface area (Å²) in [5.41, 5.74) is 1.03. The lowest BCUT2D eigenvalue weighted by atomic mass is 9.86. The number of amides is 2. The van der Waals surface area contributed by atoms with Gasteiger partial charge in [0, 0.05) is 11.8 Å². The molecule has 0 aromatic heterocycles. The van der Waals surface area contributed by atoms with E-state index in [1.165, 1.54) is 24.2 Å². The summed E-state index contributed by atoms with van der Waals surface area (Å²) in [5.74, 6) is 0.632. The number of hydrogen-bond acceptors (Lipinski definition) is 5. The maximum atomic E-state index is 12.2. The monoisotopic (exact) mass is 363 g/mol. The van der Waals surface area contributed by atoms with Crippen molar-refractivity contribution in [1.82, 2.24) is 10.0 Å². The number of nitrogens with zero attached hydrogens (tertiary/aromatic N) is 3. The summed E-state index contributed by atoms with van der Waals surface area (Å²) in [6, 6.07) is 8.54. The highest BCUT2D eigenvalue weighted by molar-refractivity contribution is 6.33. The van der Waals surface area contributed by atoms with Crippen molar-refractivity contribution in [1.29, 1.82) is 0 Å².